The standard InChI is InChI=1S/C20H26N6O2/c1-15-13-24(8-9-25(15)10-11-28-2)14-18-22-19-17(20(27)23-18)12-21-26(19)16-6-4-3-5-7-16/h3-7,12,15H,8-11,13-14H2,1-2H3,(H,22,23,27). The average Bonchev–Trinajstić information content (AvgIpc) is 3.12. The summed E-state index contributed by atoms with van der Waals surface area (Å²) in [4.78, 5) is 25.0. The molecule has 1 saturated heterocycles. The Bertz CT molecular complexity index is 983. The summed E-state index contributed by atoms with van der Waals surface area (Å²) in [7, 11) is 1.74. The maximum absolute atomic E-state index is 12.5. The van der Waals surface area contributed by atoms with Crippen LogP contribution in [-0.2, 0) is 11.3 Å². The molecule has 0 aliphatic carbocycles. The largest absolute Gasteiger partial charge is 0.383 e. The number of hydrogen-bond acceptors (Lipinski definition) is 6. The van der Waals surface area contributed by atoms with Gasteiger partial charge in [-0.15, -0.1) is 0 Å². The maximum atomic E-state index is 12.5. The third-order valence-corrected chi connectivity index (χ3v) is 5.29. The van der Waals surface area contributed by atoms with E-state index in [1.54, 1.807) is 18.0 Å². The molecule has 1 aromatic carbocycles. The van der Waals surface area contributed by atoms with Crippen LogP contribution in [0.2, 0.25) is 0 Å². The normalized spacial score (nSPS) is 18.7. The summed E-state index contributed by atoms with van der Waals surface area (Å²) in [6.45, 7) is 7.40. The van der Waals surface area contributed by atoms with Crippen molar-refractivity contribution in [2.45, 2.75) is 19.5 Å². The second-order valence-corrected chi connectivity index (χ2v) is 7.25. The van der Waals surface area contributed by atoms with Crippen LogP contribution in [0.15, 0.2) is 41.3 Å². The third-order valence-electron chi connectivity index (χ3n) is 5.29. The number of benzene rings is 1. The smallest absolute Gasteiger partial charge is 0.262 e. The lowest BCUT2D eigenvalue weighted by Gasteiger charge is -2.39. The van der Waals surface area contributed by atoms with Gasteiger partial charge in [-0.2, -0.15) is 5.10 Å². The number of hydrogen-bond donors (Lipinski definition) is 1. The fourth-order valence-electron chi connectivity index (χ4n) is 3.76. The van der Waals surface area contributed by atoms with Crippen molar-refractivity contribution in [2.75, 3.05) is 39.9 Å². The van der Waals surface area contributed by atoms with Gasteiger partial charge in [0.1, 0.15) is 11.2 Å². The van der Waals surface area contributed by atoms with Crippen molar-refractivity contribution in [3.63, 3.8) is 0 Å². The van der Waals surface area contributed by atoms with E-state index in [0.717, 1.165) is 38.5 Å². The van der Waals surface area contributed by atoms with E-state index in [1.165, 1.54) is 0 Å². The highest BCUT2D eigenvalue weighted by Crippen LogP contribution is 2.15. The number of aromatic nitrogens is 4. The Hall–Kier alpha value is -2.55. The fourth-order valence-corrected chi connectivity index (χ4v) is 3.76. The highest BCUT2D eigenvalue weighted by atomic mass is 16.5. The molecule has 1 aliphatic heterocycles. The van der Waals surface area contributed by atoms with E-state index in [1.807, 2.05) is 30.3 Å². The summed E-state index contributed by atoms with van der Waals surface area (Å²) >= 11 is 0. The molecule has 0 saturated carbocycles. The molecule has 1 unspecified atom stereocenters. The minimum atomic E-state index is -0.144. The Balaban J connectivity index is 1.54. The molecule has 1 N–H and O–H groups in total. The summed E-state index contributed by atoms with van der Waals surface area (Å²) in [5.41, 5.74) is 1.34. The Kier molecular flexibility index (Phi) is 5.52. The molecule has 8 heteroatoms. The molecule has 8 nitrogen and oxygen atoms in total. The van der Waals surface area contributed by atoms with Gasteiger partial charge in [-0.25, -0.2) is 9.67 Å². The van der Waals surface area contributed by atoms with Crippen molar-refractivity contribution >= 4 is 11.0 Å². The Labute approximate surface area is 163 Å². The number of rotatable bonds is 6. The molecular formula is C20H26N6O2. The average molecular weight is 382 g/mol. The Morgan fingerprint density at radius 2 is 2.07 bits per heavy atom. The zero-order chi connectivity index (χ0) is 19.5. The predicted molar refractivity (Wildman–Crippen MR) is 108 cm³/mol. The second kappa shape index (κ2) is 8.22. The van der Waals surface area contributed by atoms with Gasteiger partial charge in [0, 0.05) is 39.3 Å². The number of H-pyrrole nitrogens is 1. The monoisotopic (exact) mass is 382 g/mol. The van der Waals surface area contributed by atoms with Gasteiger partial charge in [0.05, 0.1) is 25.0 Å². The van der Waals surface area contributed by atoms with Crippen LogP contribution in [0.1, 0.15) is 12.7 Å². The maximum Gasteiger partial charge on any atom is 0.262 e. The summed E-state index contributed by atoms with van der Waals surface area (Å²) in [5, 5.41) is 4.87. The van der Waals surface area contributed by atoms with Crippen LogP contribution in [0.5, 0.6) is 0 Å². The minimum Gasteiger partial charge on any atom is -0.383 e. The zero-order valence-corrected chi connectivity index (χ0v) is 16.3. The van der Waals surface area contributed by atoms with Gasteiger partial charge in [0.2, 0.25) is 0 Å². The number of fused-ring (bicyclic) bond motifs is 1. The van der Waals surface area contributed by atoms with Crippen molar-refractivity contribution in [3.05, 3.63) is 52.7 Å². The molecule has 0 bridgehead atoms. The summed E-state index contributed by atoms with van der Waals surface area (Å²) in [5.74, 6) is 0.674. The van der Waals surface area contributed by atoms with Gasteiger partial charge >= 0.3 is 0 Å². The lowest BCUT2D eigenvalue weighted by Crippen LogP contribution is -2.52. The predicted octanol–water partition coefficient (Wildman–Crippen LogP) is 1.26. The SMILES string of the molecule is COCCN1CCN(Cc2nc3c(cnn3-c3ccccc3)c(=O)[nH]2)CC1C. The van der Waals surface area contributed by atoms with Gasteiger partial charge < -0.3 is 9.72 Å². The molecule has 28 heavy (non-hydrogen) atoms. The number of para-hydroxylation sites is 1. The summed E-state index contributed by atoms with van der Waals surface area (Å²) < 4.78 is 6.92. The first-order valence-electron chi connectivity index (χ1n) is 9.63. The fraction of sp³-hybridized carbons (Fsp3) is 0.450. The number of nitrogens with zero attached hydrogens (tertiary/aromatic N) is 5. The van der Waals surface area contributed by atoms with Crippen LogP contribution in [0.25, 0.3) is 16.7 Å². The van der Waals surface area contributed by atoms with Crippen molar-refractivity contribution in [1.29, 1.82) is 0 Å². The van der Waals surface area contributed by atoms with E-state index >= 15 is 0 Å². The molecule has 4 rings (SSSR count). The minimum absolute atomic E-state index is 0.144. The van der Waals surface area contributed by atoms with E-state index in [0.29, 0.717) is 29.4 Å². The van der Waals surface area contributed by atoms with E-state index in [4.69, 9.17) is 9.72 Å². The van der Waals surface area contributed by atoms with Gasteiger partial charge in [0.25, 0.3) is 5.56 Å². The van der Waals surface area contributed by atoms with Crippen molar-refractivity contribution < 1.29 is 4.74 Å². The number of nitrogens with one attached hydrogen (secondary N) is 1. The van der Waals surface area contributed by atoms with Gasteiger partial charge in [-0.05, 0) is 19.1 Å². The first-order chi connectivity index (χ1) is 13.7. The Morgan fingerprint density at radius 1 is 1.25 bits per heavy atom. The highest BCUT2D eigenvalue weighted by Gasteiger charge is 2.24. The Morgan fingerprint density at radius 3 is 2.82 bits per heavy atom. The topological polar surface area (TPSA) is 79.3 Å². The van der Waals surface area contributed by atoms with Crippen molar-refractivity contribution in [3.8, 4) is 5.69 Å². The molecule has 1 atom stereocenters. The zero-order valence-electron chi connectivity index (χ0n) is 16.3. The number of aromatic amines is 1. The first-order valence-corrected chi connectivity index (χ1v) is 9.63. The molecule has 3 heterocycles. The lowest BCUT2D eigenvalue weighted by atomic mass is 10.2. The number of methoxy groups -OCH3 is 1. The van der Waals surface area contributed by atoms with Crippen LogP contribution >= 0.6 is 0 Å². The van der Waals surface area contributed by atoms with Crippen LogP contribution in [0.4, 0.5) is 0 Å². The first kappa shape index (κ1) is 18.8. The molecular weight excluding hydrogens is 356 g/mol. The van der Waals surface area contributed by atoms with Crippen LogP contribution in [-0.4, -0.2) is 75.5 Å². The highest BCUT2D eigenvalue weighted by molar-refractivity contribution is 5.75. The van der Waals surface area contributed by atoms with E-state index in [2.05, 4.69) is 26.8 Å². The summed E-state index contributed by atoms with van der Waals surface area (Å²) in [6.07, 6.45) is 1.58. The van der Waals surface area contributed by atoms with Gasteiger partial charge in [-0.1, -0.05) is 18.2 Å². The molecule has 148 valence electrons. The molecule has 0 amide bonds. The van der Waals surface area contributed by atoms with E-state index in [9.17, 15) is 4.79 Å². The molecule has 0 spiro atoms. The van der Waals surface area contributed by atoms with E-state index < -0.39 is 0 Å². The molecule has 0 radical (unpaired) electrons. The van der Waals surface area contributed by atoms with Gasteiger partial charge in [-0.3, -0.25) is 14.6 Å². The second-order valence-electron chi connectivity index (χ2n) is 7.25. The van der Waals surface area contributed by atoms with Crippen LogP contribution in [0, 0.1) is 0 Å². The molecule has 1 fully saturated rings. The summed E-state index contributed by atoms with van der Waals surface area (Å²) in [6, 6.07) is 10.2. The third kappa shape index (κ3) is 3.84. The van der Waals surface area contributed by atoms with Crippen molar-refractivity contribution in [2.24, 2.45) is 0 Å². The molecule has 3 aromatic rings. The van der Waals surface area contributed by atoms with Crippen LogP contribution < -0.4 is 5.56 Å². The quantitative estimate of drug-likeness (QED) is 0.692. The number of piperazine rings is 1. The number of ether oxygens (including phenoxy) is 1. The van der Waals surface area contributed by atoms with Crippen molar-refractivity contribution in [1.82, 2.24) is 29.5 Å². The lowest BCUT2D eigenvalue weighted by molar-refractivity contribution is 0.0546. The molecule has 2 aromatic heterocycles. The van der Waals surface area contributed by atoms with E-state index in [-0.39, 0.29) is 5.56 Å². The molecule has 1 aliphatic rings. The van der Waals surface area contributed by atoms with Crippen LogP contribution in [0.3, 0.4) is 0 Å². The van der Waals surface area contributed by atoms with Gasteiger partial charge in [0.15, 0.2) is 5.65 Å².